The van der Waals surface area contributed by atoms with Gasteiger partial charge in [-0.25, -0.2) is 0 Å². The Morgan fingerprint density at radius 2 is 1.87 bits per heavy atom. The van der Waals surface area contributed by atoms with E-state index < -0.39 is 0 Å². The van der Waals surface area contributed by atoms with E-state index in [1.54, 1.807) is 0 Å². The largest absolute Gasteiger partial charge is 0.300 e. The first-order valence-corrected chi connectivity index (χ1v) is 6.98. The van der Waals surface area contributed by atoms with Crippen LogP contribution in [-0.2, 0) is 0 Å². The highest BCUT2D eigenvalue weighted by Gasteiger charge is 2.19. The van der Waals surface area contributed by atoms with E-state index in [9.17, 15) is 0 Å². The fourth-order valence-electron chi connectivity index (χ4n) is 2.67. The third-order valence-corrected chi connectivity index (χ3v) is 3.79. The highest BCUT2D eigenvalue weighted by molar-refractivity contribution is 4.74. The average Bonchev–Trinajstić information content (AvgIpc) is 2.36. The third-order valence-electron chi connectivity index (χ3n) is 3.79. The van der Waals surface area contributed by atoms with E-state index in [1.807, 2.05) is 0 Å². The molecule has 90 valence electrons. The quantitative estimate of drug-likeness (QED) is 0.619. The Kier molecular flexibility index (Phi) is 6.31. The van der Waals surface area contributed by atoms with E-state index in [0.717, 1.165) is 12.0 Å². The van der Waals surface area contributed by atoms with Crippen molar-refractivity contribution >= 4 is 0 Å². The van der Waals surface area contributed by atoms with Crippen LogP contribution in [0.3, 0.4) is 0 Å². The predicted octanol–water partition coefficient (Wildman–Crippen LogP) is 4.08. The first kappa shape index (κ1) is 13.0. The van der Waals surface area contributed by atoms with E-state index in [1.165, 1.54) is 58.0 Å². The van der Waals surface area contributed by atoms with Crippen molar-refractivity contribution in [1.29, 1.82) is 0 Å². The van der Waals surface area contributed by atoms with E-state index >= 15 is 0 Å². The Morgan fingerprint density at radius 1 is 1.07 bits per heavy atom. The molecular formula is C14H29N. The Hall–Kier alpha value is -0.0400. The van der Waals surface area contributed by atoms with Crippen LogP contribution in [-0.4, -0.2) is 24.0 Å². The molecule has 1 saturated heterocycles. The lowest BCUT2D eigenvalue weighted by molar-refractivity contribution is 0.191. The minimum absolute atomic E-state index is 0.830. The molecule has 15 heavy (non-hydrogen) atoms. The van der Waals surface area contributed by atoms with Crippen molar-refractivity contribution in [2.75, 3.05) is 13.1 Å². The summed E-state index contributed by atoms with van der Waals surface area (Å²) in [4.78, 5) is 2.73. The normalized spacial score (nSPS) is 29.0. The first-order chi connectivity index (χ1) is 7.24. The van der Waals surface area contributed by atoms with Crippen LogP contribution in [0.4, 0.5) is 0 Å². The van der Waals surface area contributed by atoms with E-state index in [0.29, 0.717) is 0 Å². The molecule has 1 fully saturated rings. The SMILES string of the molecule is CCCCCCN1CC(C)CCCC1C. The minimum Gasteiger partial charge on any atom is -0.300 e. The van der Waals surface area contributed by atoms with Gasteiger partial charge in [0.25, 0.3) is 0 Å². The van der Waals surface area contributed by atoms with Gasteiger partial charge in [0.2, 0.25) is 0 Å². The molecule has 0 radical (unpaired) electrons. The van der Waals surface area contributed by atoms with Gasteiger partial charge >= 0.3 is 0 Å². The van der Waals surface area contributed by atoms with Gasteiger partial charge in [0.05, 0.1) is 0 Å². The standard InChI is InChI=1S/C14H29N/c1-4-5-6-7-11-15-12-13(2)9-8-10-14(15)3/h13-14H,4-12H2,1-3H3. The zero-order chi connectivity index (χ0) is 11.1. The van der Waals surface area contributed by atoms with Crippen molar-refractivity contribution in [3.63, 3.8) is 0 Å². The lowest BCUT2D eigenvalue weighted by atomic mass is 10.1. The molecule has 1 nitrogen and oxygen atoms in total. The molecule has 1 rings (SSSR count). The zero-order valence-electron chi connectivity index (χ0n) is 11.0. The van der Waals surface area contributed by atoms with E-state index in [-0.39, 0.29) is 0 Å². The van der Waals surface area contributed by atoms with Crippen molar-refractivity contribution in [3.8, 4) is 0 Å². The van der Waals surface area contributed by atoms with Gasteiger partial charge in [0.15, 0.2) is 0 Å². The number of unbranched alkanes of at least 4 members (excludes halogenated alkanes) is 3. The number of nitrogens with zero attached hydrogens (tertiary/aromatic N) is 1. The molecule has 1 aliphatic rings. The molecule has 2 unspecified atom stereocenters. The lowest BCUT2D eigenvalue weighted by Gasteiger charge is -2.28. The number of hydrogen-bond donors (Lipinski definition) is 0. The monoisotopic (exact) mass is 211 g/mol. The summed E-state index contributed by atoms with van der Waals surface area (Å²) in [5.74, 6) is 0.918. The molecule has 0 N–H and O–H groups in total. The van der Waals surface area contributed by atoms with Crippen LogP contribution in [0.2, 0.25) is 0 Å². The van der Waals surface area contributed by atoms with Crippen molar-refractivity contribution in [2.45, 2.75) is 71.8 Å². The van der Waals surface area contributed by atoms with Crippen LogP contribution < -0.4 is 0 Å². The van der Waals surface area contributed by atoms with E-state index in [2.05, 4.69) is 25.7 Å². The van der Waals surface area contributed by atoms with Gasteiger partial charge in [-0.3, -0.25) is 0 Å². The molecule has 0 aromatic carbocycles. The highest BCUT2D eigenvalue weighted by Crippen LogP contribution is 2.21. The molecule has 0 spiro atoms. The maximum Gasteiger partial charge on any atom is 0.00670 e. The van der Waals surface area contributed by atoms with Gasteiger partial charge in [0, 0.05) is 12.6 Å². The molecule has 1 heteroatoms. The second-order valence-electron chi connectivity index (χ2n) is 5.44. The molecule has 0 aliphatic carbocycles. The summed E-state index contributed by atoms with van der Waals surface area (Å²) in [5.41, 5.74) is 0. The Morgan fingerprint density at radius 3 is 2.60 bits per heavy atom. The van der Waals surface area contributed by atoms with Crippen molar-refractivity contribution in [1.82, 2.24) is 4.90 Å². The van der Waals surface area contributed by atoms with Crippen LogP contribution >= 0.6 is 0 Å². The topological polar surface area (TPSA) is 3.24 Å². The molecule has 0 saturated carbocycles. The summed E-state index contributed by atoms with van der Waals surface area (Å²) >= 11 is 0. The summed E-state index contributed by atoms with van der Waals surface area (Å²) in [7, 11) is 0. The smallest absolute Gasteiger partial charge is 0.00670 e. The number of likely N-dealkylation sites (tertiary alicyclic amines) is 1. The van der Waals surface area contributed by atoms with Crippen LogP contribution in [0.1, 0.15) is 65.7 Å². The molecule has 1 aliphatic heterocycles. The molecule has 1 heterocycles. The average molecular weight is 211 g/mol. The molecule has 0 bridgehead atoms. The summed E-state index contributed by atoms with van der Waals surface area (Å²) in [6.07, 6.45) is 9.89. The van der Waals surface area contributed by atoms with Crippen molar-refractivity contribution < 1.29 is 0 Å². The van der Waals surface area contributed by atoms with Crippen LogP contribution in [0.5, 0.6) is 0 Å². The van der Waals surface area contributed by atoms with Gasteiger partial charge in [-0.2, -0.15) is 0 Å². The molecule has 0 aromatic rings. The minimum atomic E-state index is 0.830. The summed E-state index contributed by atoms with van der Waals surface area (Å²) in [6.45, 7) is 9.80. The van der Waals surface area contributed by atoms with Crippen LogP contribution in [0, 0.1) is 5.92 Å². The Balaban J connectivity index is 2.23. The van der Waals surface area contributed by atoms with Crippen LogP contribution in [0.25, 0.3) is 0 Å². The Labute approximate surface area is 96.2 Å². The highest BCUT2D eigenvalue weighted by atomic mass is 15.1. The fourth-order valence-corrected chi connectivity index (χ4v) is 2.67. The second kappa shape index (κ2) is 7.27. The Bertz CT molecular complexity index is 155. The molecule has 0 amide bonds. The first-order valence-electron chi connectivity index (χ1n) is 6.98. The molecule has 2 atom stereocenters. The fraction of sp³-hybridized carbons (Fsp3) is 1.00. The van der Waals surface area contributed by atoms with Gasteiger partial charge in [-0.15, -0.1) is 0 Å². The maximum absolute atomic E-state index is 2.73. The van der Waals surface area contributed by atoms with Gasteiger partial charge in [-0.05, 0) is 38.6 Å². The van der Waals surface area contributed by atoms with Crippen molar-refractivity contribution in [2.24, 2.45) is 5.92 Å². The molecule has 0 aromatic heterocycles. The molecular weight excluding hydrogens is 182 g/mol. The lowest BCUT2D eigenvalue weighted by Crippen LogP contribution is -2.35. The zero-order valence-corrected chi connectivity index (χ0v) is 11.0. The van der Waals surface area contributed by atoms with Gasteiger partial charge < -0.3 is 4.90 Å². The van der Waals surface area contributed by atoms with Gasteiger partial charge in [-0.1, -0.05) is 39.5 Å². The van der Waals surface area contributed by atoms with Crippen molar-refractivity contribution in [3.05, 3.63) is 0 Å². The second-order valence-corrected chi connectivity index (χ2v) is 5.44. The van der Waals surface area contributed by atoms with Crippen LogP contribution in [0.15, 0.2) is 0 Å². The van der Waals surface area contributed by atoms with E-state index in [4.69, 9.17) is 0 Å². The maximum atomic E-state index is 2.73. The number of rotatable bonds is 5. The number of hydrogen-bond acceptors (Lipinski definition) is 1. The third kappa shape index (κ3) is 5.01. The summed E-state index contributed by atoms with van der Waals surface area (Å²) in [5, 5.41) is 0. The van der Waals surface area contributed by atoms with Gasteiger partial charge in [0.1, 0.15) is 0 Å². The summed E-state index contributed by atoms with van der Waals surface area (Å²) in [6, 6.07) is 0.830. The predicted molar refractivity (Wildman–Crippen MR) is 68.2 cm³/mol. The summed E-state index contributed by atoms with van der Waals surface area (Å²) < 4.78 is 0.